The molecule has 4 rings (SSSR count). The van der Waals surface area contributed by atoms with Crippen molar-refractivity contribution >= 4 is 44.1 Å². The second-order valence-electron chi connectivity index (χ2n) is 5.71. The topological polar surface area (TPSA) is 67.8 Å². The zero-order chi connectivity index (χ0) is 17.2. The van der Waals surface area contributed by atoms with Crippen molar-refractivity contribution in [1.29, 1.82) is 0 Å². The first-order chi connectivity index (χ1) is 12.2. The molecular formula is C18H14N4OS2. The van der Waals surface area contributed by atoms with Crippen LogP contribution in [0.4, 0.5) is 5.13 Å². The van der Waals surface area contributed by atoms with Crippen LogP contribution in [0.2, 0.25) is 0 Å². The molecule has 2 aromatic carbocycles. The summed E-state index contributed by atoms with van der Waals surface area (Å²) in [4.78, 5) is 17.8. The summed E-state index contributed by atoms with van der Waals surface area (Å²) in [5.74, 6) is -0.174. The Kier molecular flexibility index (Phi) is 4.25. The van der Waals surface area contributed by atoms with E-state index in [1.54, 1.807) is 18.2 Å². The molecule has 0 fully saturated rings. The van der Waals surface area contributed by atoms with Crippen LogP contribution in [0, 0.1) is 6.92 Å². The van der Waals surface area contributed by atoms with E-state index in [4.69, 9.17) is 0 Å². The molecule has 2 heterocycles. The lowest BCUT2D eigenvalue weighted by Gasteiger charge is -2.01. The maximum atomic E-state index is 12.4. The second-order valence-corrected chi connectivity index (χ2v) is 7.61. The number of nitrogens with zero attached hydrogens (tertiary/aromatic N) is 3. The molecule has 25 heavy (non-hydrogen) atoms. The molecule has 0 aliphatic rings. The van der Waals surface area contributed by atoms with E-state index in [0.29, 0.717) is 10.7 Å². The second kappa shape index (κ2) is 6.70. The molecule has 0 saturated heterocycles. The highest BCUT2D eigenvalue weighted by Crippen LogP contribution is 2.23. The molecule has 2 aromatic heterocycles. The first kappa shape index (κ1) is 15.9. The number of anilines is 1. The molecule has 1 N–H and O–H groups in total. The van der Waals surface area contributed by atoms with Crippen molar-refractivity contribution < 1.29 is 4.79 Å². The fraction of sp³-hybridized carbons (Fsp3) is 0.111. The van der Waals surface area contributed by atoms with Crippen molar-refractivity contribution in [3.05, 3.63) is 70.2 Å². The van der Waals surface area contributed by atoms with Crippen molar-refractivity contribution in [3.63, 3.8) is 0 Å². The normalized spacial score (nSPS) is 10.9. The van der Waals surface area contributed by atoms with E-state index in [1.807, 2.05) is 6.20 Å². The SMILES string of the molecule is Cc1cccc(Cc2cnc(NC(=O)c3ccc4nnsc4c3)s2)c1. The molecule has 0 atom stereocenters. The van der Waals surface area contributed by atoms with Crippen LogP contribution in [0.3, 0.4) is 0 Å². The molecule has 124 valence electrons. The van der Waals surface area contributed by atoms with E-state index in [2.05, 4.69) is 51.1 Å². The van der Waals surface area contributed by atoms with Gasteiger partial charge in [0, 0.05) is 23.1 Å². The third-order valence-electron chi connectivity index (χ3n) is 3.74. The number of thiazole rings is 1. The third kappa shape index (κ3) is 3.57. The zero-order valence-electron chi connectivity index (χ0n) is 13.4. The Bertz CT molecular complexity index is 1050. The highest BCUT2D eigenvalue weighted by atomic mass is 32.1. The first-order valence-corrected chi connectivity index (χ1v) is 9.30. The molecule has 4 aromatic rings. The average molecular weight is 366 g/mol. The van der Waals surface area contributed by atoms with Crippen molar-refractivity contribution in [2.75, 3.05) is 5.32 Å². The van der Waals surface area contributed by atoms with E-state index >= 15 is 0 Å². The van der Waals surface area contributed by atoms with Gasteiger partial charge in [-0.2, -0.15) is 0 Å². The zero-order valence-corrected chi connectivity index (χ0v) is 15.0. The maximum absolute atomic E-state index is 12.4. The summed E-state index contributed by atoms with van der Waals surface area (Å²) in [6, 6.07) is 13.8. The molecule has 0 aliphatic heterocycles. The van der Waals surface area contributed by atoms with Crippen molar-refractivity contribution in [2.45, 2.75) is 13.3 Å². The van der Waals surface area contributed by atoms with Gasteiger partial charge in [0.15, 0.2) is 5.13 Å². The lowest BCUT2D eigenvalue weighted by Crippen LogP contribution is -2.11. The number of rotatable bonds is 4. The number of hydrogen-bond donors (Lipinski definition) is 1. The average Bonchev–Trinajstić information content (AvgIpc) is 3.23. The monoisotopic (exact) mass is 366 g/mol. The Morgan fingerprint density at radius 1 is 1.20 bits per heavy atom. The number of hydrogen-bond acceptors (Lipinski definition) is 6. The van der Waals surface area contributed by atoms with Gasteiger partial charge in [0.2, 0.25) is 0 Å². The Morgan fingerprint density at radius 2 is 2.12 bits per heavy atom. The highest BCUT2D eigenvalue weighted by Gasteiger charge is 2.11. The van der Waals surface area contributed by atoms with Crippen molar-refractivity contribution in [3.8, 4) is 0 Å². The van der Waals surface area contributed by atoms with Crippen LogP contribution in [0.1, 0.15) is 26.4 Å². The van der Waals surface area contributed by atoms with Crippen molar-refractivity contribution in [2.24, 2.45) is 0 Å². The minimum absolute atomic E-state index is 0.174. The number of nitrogens with one attached hydrogen (secondary N) is 1. The Morgan fingerprint density at radius 3 is 3.00 bits per heavy atom. The van der Waals surface area contributed by atoms with Gasteiger partial charge in [0.05, 0.1) is 4.70 Å². The summed E-state index contributed by atoms with van der Waals surface area (Å²) in [7, 11) is 0. The fourth-order valence-corrected chi connectivity index (χ4v) is 4.00. The molecule has 0 saturated carbocycles. The third-order valence-corrected chi connectivity index (χ3v) is 5.34. The number of aryl methyl sites for hydroxylation is 1. The summed E-state index contributed by atoms with van der Waals surface area (Å²) >= 11 is 2.77. The molecule has 5 nitrogen and oxygen atoms in total. The lowest BCUT2D eigenvalue weighted by atomic mass is 10.1. The van der Waals surface area contributed by atoms with Crippen LogP contribution in [-0.2, 0) is 6.42 Å². The summed E-state index contributed by atoms with van der Waals surface area (Å²) in [6.07, 6.45) is 2.63. The maximum Gasteiger partial charge on any atom is 0.257 e. The summed E-state index contributed by atoms with van der Waals surface area (Å²) < 4.78 is 4.78. The van der Waals surface area contributed by atoms with Crippen molar-refractivity contribution in [1.82, 2.24) is 14.6 Å². The van der Waals surface area contributed by atoms with Crippen LogP contribution in [-0.4, -0.2) is 20.5 Å². The van der Waals surface area contributed by atoms with Gasteiger partial charge in [0.25, 0.3) is 5.91 Å². The van der Waals surface area contributed by atoms with E-state index in [-0.39, 0.29) is 5.91 Å². The molecule has 1 amide bonds. The van der Waals surface area contributed by atoms with Crippen LogP contribution in [0.15, 0.2) is 48.7 Å². The predicted molar refractivity (Wildman–Crippen MR) is 101 cm³/mol. The molecule has 0 bridgehead atoms. The molecule has 0 aliphatic carbocycles. The Balaban J connectivity index is 1.47. The molecule has 0 spiro atoms. The molecule has 0 unspecified atom stereocenters. The quantitative estimate of drug-likeness (QED) is 0.585. The summed E-state index contributed by atoms with van der Waals surface area (Å²) in [5.41, 5.74) is 3.86. The summed E-state index contributed by atoms with van der Waals surface area (Å²) in [6.45, 7) is 2.08. The van der Waals surface area contributed by atoms with E-state index in [9.17, 15) is 4.79 Å². The standard InChI is InChI=1S/C18H14N4OS2/c1-11-3-2-4-12(7-11)8-14-10-19-18(24-14)20-17(23)13-5-6-15-16(9-13)25-22-21-15/h2-7,9-10H,8H2,1H3,(H,19,20,23). The van der Waals surface area contributed by atoms with E-state index < -0.39 is 0 Å². The van der Waals surface area contributed by atoms with Crippen LogP contribution >= 0.6 is 22.9 Å². The van der Waals surface area contributed by atoms with Gasteiger partial charge in [-0.15, -0.1) is 16.4 Å². The van der Waals surface area contributed by atoms with Gasteiger partial charge in [-0.3, -0.25) is 10.1 Å². The van der Waals surface area contributed by atoms with Crippen LogP contribution in [0.5, 0.6) is 0 Å². The first-order valence-electron chi connectivity index (χ1n) is 7.71. The molecular weight excluding hydrogens is 352 g/mol. The smallest absolute Gasteiger partial charge is 0.257 e. The Labute approximate surface area is 152 Å². The van der Waals surface area contributed by atoms with Gasteiger partial charge in [-0.1, -0.05) is 34.3 Å². The summed E-state index contributed by atoms with van der Waals surface area (Å²) in [5, 5.41) is 7.45. The number of benzene rings is 2. The lowest BCUT2D eigenvalue weighted by molar-refractivity contribution is 0.102. The minimum Gasteiger partial charge on any atom is -0.298 e. The number of carbonyl (C=O) groups is 1. The van der Waals surface area contributed by atoms with E-state index in [1.165, 1.54) is 34.0 Å². The molecule has 7 heteroatoms. The van der Waals surface area contributed by atoms with Crippen LogP contribution < -0.4 is 5.32 Å². The number of carbonyl (C=O) groups excluding carboxylic acids is 1. The predicted octanol–water partition coefficient (Wildman–Crippen LogP) is 4.30. The van der Waals surface area contributed by atoms with Gasteiger partial charge in [-0.25, -0.2) is 4.98 Å². The Hall–Kier alpha value is -2.64. The number of amides is 1. The minimum atomic E-state index is -0.174. The largest absolute Gasteiger partial charge is 0.298 e. The van der Waals surface area contributed by atoms with Gasteiger partial charge in [0.1, 0.15) is 5.52 Å². The van der Waals surface area contributed by atoms with E-state index in [0.717, 1.165) is 21.5 Å². The number of fused-ring (bicyclic) bond motifs is 1. The fourth-order valence-electron chi connectivity index (χ4n) is 2.56. The molecule has 0 radical (unpaired) electrons. The highest BCUT2D eigenvalue weighted by molar-refractivity contribution is 7.15. The van der Waals surface area contributed by atoms with Gasteiger partial charge < -0.3 is 0 Å². The van der Waals surface area contributed by atoms with Crippen LogP contribution in [0.25, 0.3) is 10.2 Å². The van der Waals surface area contributed by atoms with Gasteiger partial charge in [-0.05, 0) is 42.2 Å². The number of aromatic nitrogens is 3. The van der Waals surface area contributed by atoms with Gasteiger partial charge >= 0.3 is 0 Å².